The Morgan fingerprint density at radius 1 is 1.09 bits per heavy atom. The molecule has 0 bridgehead atoms. The zero-order chi connectivity index (χ0) is 24.2. The Bertz CT molecular complexity index is 1270. The van der Waals surface area contributed by atoms with Crippen LogP contribution in [0.5, 0.6) is 5.75 Å². The van der Waals surface area contributed by atoms with Crippen molar-refractivity contribution in [3.05, 3.63) is 101 Å². The molecule has 1 amide bonds. The fourth-order valence-corrected chi connectivity index (χ4v) is 3.66. The minimum Gasteiger partial charge on any atom is -0.503 e. The smallest absolute Gasteiger partial charge is 0.295 e. The lowest BCUT2D eigenvalue weighted by atomic mass is 9.92. The van der Waals surface area contributed by atoms with Crippen LogP contribution in [-0.4, -0.2) is 42.2 Å². The van der Waals surface area contributed by atoms with Crippen molar-refractivity contribution >= 4 is 23.7 Å². The van der Waals surface area contributed by atoms with Crippen molar-refractivity contribution in [1.29, 1.82) is 0 Å². The summed E-state index contributed by atoms with van der Waals surface area (Å²) in [6.45, 7) is 0. The monoisotopic (exact) mass is 461 g/mol. The Morgan fingerprint density at radius 3 is 2.38 bits per heavy atom. The lowest BCUT2D eigenvalue weighted by molar-refractivity contribution is -0.117. The lowest BCUT2D eigenvalue weighted by Gasteiger charge is -2.26. The molecular formula is C25H20FN3O5. The summed E-state index contributed by atoms with van der Waals surface area (Å²) in [5, 5.41) is 14.4. The van der Waals surface area contributed by atoms with Crippen LogP contribution in [0.1, 0.15) is 27.5 Å². The summed E-state index contributed by atoms with van der Waals surface area (Å²) in [4.78, 5) is 36.7. The second-order valence-corrected chi connectivity index (χ2v) is 7.32. The first-order chi connectivity index (χ1) is 16.4. The molecule has 1 aromatic heterocycles. The van der Waals surface area contributed by atoms with Gasteiger partial charge in [0.2, 0.25) is 0 Å². The van der Waals surface area contributed by atoms with Crippen molar-refractivity contribution < 1.29 is 28.7 Å². The van der Waals surface area contributed by atoms with E-state index in [2.05, 4.69) is 15.0 Å². The largest absolute Gasteiger partial charge is 0.503 e. The number of amides is 1. The molecule has 0 spiro atoms. The molecule has 34 heavy (non-hydrogen) atoms. The number of Topliss-reactive ketones (excluding diaryl/α,β-unsaturated/α-hetero) is 1. The van der Waals surface area contributed by atoms with Crippen LogP contribution in [0.4, 0.5) is 10.2 Å². The number of aromatic nitrogens is 1. The molecule has 0 saturated carbocycles. The van der Waals surface area contributed by atoms with Gasteiger partial charge in [0.1, 0.15) is 24.5 Å². The third-order valence-corrected chi connectivity index (χ3v) is 5.32. The highest BCUT2D eigenvalue weighted by molar-refractivity contribution is 6.20. The van der Waals surface area contributed by atoms with E-state index in [4.69, 9.17) is 4.74 Å². The Morgan fingerprint density at radius 2 is 1.79 bits per heavy atom. The number of hydrogen-bond acceptors (Lipinski definition) is 7. The Kier molecular flexibility index (Phi) is 6.35. The summed E-state index contributed by atoms with van der Waals surface area (Å²) in [7, 11) is 2.91. The SMILES string of the molecule is CO/N=C/c1ccc(N2C(=O)C(O)=C(C(=O)c3ccc(OC)cc3)C2c2ccc(F)cc2)nc1. The fourth-order valence-electron chi connectivity index (χ4n) is 3.66. The normalized spacial score (nSPS) is 15.8. The molecule has 0 saturated heterocycles. The van der Waals surface area contributed by atoms with Crippen LogP contribution < -0.4 is 9.64 Å². The molecule has 2 aromatic carbocycles. The number of carbonyl (C=O) groups is 2. The van der Waals surface area contributed by atoms with Gasteiger partial charge >= 0.3 is 0 Å². The Hall–Kier alpha value is -4.53. The van der Waals surface area contributed by atoms with Crippen LogP contribution in [0, 0.1) is 5.82 Å². The fraction of sp³-hybridized carbons (Fsp3) is 0.120. The van der Waals surface area contributed by atoms with Crippen molar-refractivity contribution in [1.82, 2.24) is 4.98 Å². The topological polar surface area (TPSA) is 101 Å². The summed E-state index contributed by atoms with van der Waals surface area (Å²) in [5.41, 5.74) is 1.17. The molecule has 0 fully saturated rings. The molecule has 9 heteroatoms. The van der Waals surface area contributed by atoms with E-state index in [9.17, 15) is 19.1 Å². The van der Waals surface area contributed by atoms with E-state index in [0.717, 1.165) is 0 Å². The zero-order valence-corrected chi connectivity index (χ0v) is 18.3. The first kappa shape index (κ1) is 22.7. The van der Waals surface area contributed by atoms with E-state index in [1.807, 2.05) is 0 Å². The van der Waals surface area contributed by atoms with E-state index in [0.29, 0.717) is 16.9 Å². The van der Waals surface area contributed by atoms with E-state index in [1.165, 1.54) is 55.8 Å². The van der Waals surface area contributed by atoms with Crippen LogP contribution in [0.15, 0.2) is 83.3 Å². The van der Waals surface area contributed by atoms with Crippen LogP contribution in [-0.2, 0) is 9.63 Å². The van der Waals surface area contributed by atoms with Crippen molar-refractivity contribution in [2.24, 2.45) is 5.16 Å². The predicted molar refractivity (Wildman–Crippen MR) is 122 cm³/mol. The first-order valence-electron chi connectivity index (χ1n) is 10.2. The highest BCUT2D eigenvalue weighted by atomic mass is 19.1. The number of nitrogens with zero attached hydrogens (tertiary/aromatic N) is 3. The maximum Gasteiger partial charge on any atom is 0.295 e. The number of rotatable bonds is 7. The number of benzene rings is 2. The number of pyridine rings is 1. The molecule has 0 aliphatic carbocycles. The molecule has 1 aliphatic rings. The minimum absolute atomic E-state index is 0.131. The van der Waals surface area contributed by atoms with Crippen LogP contribution in [0.3, 0.4) is 0 Å². The van der Waals surface area contributed by atoms with Gasteiger partial charge in [0.15, 0.2) is 11.5 Å². The molecule has 172 valence electrons. The third kappa shape index (κ3) is 4.23. The van der Waals surface area contributed by atoms with E-state index in [-0.39, 0.29) is 17.0 Å². The standard InChI is InChI=1S/C25H20FN3O5/c1-33-19-10-6-17(7-11-19)23(30)21-22(16-4-8-18(26)9-5-16)29(25(32)24(21)31)20-12-3-15(13-27-20)14-28-34-2/h3-14,22,31H,1-2H3/b28-14+. The third-order valence-electron chi connectivity index (χ3n) is 5.32. The van der Waals surface area contributed by atoms with Crippen LogP contribution in [0.25, 0.3) is 0 Å². The van der Waals surface area contributed by atoms with Gasteiger partial charge in [0.05, 0.1) is 24.9 Å². The van der Waals surface area contributed by atoms with E-state index in [1.54, 1.807) is 36.4 Å². The number of oxime groups is 1. The first-order valence-corrected chi connectivity index (χ1v) is 10.2. The summed E-state index contributed by atoms with van der Waals surface area (Å²) in [5.74, 6) is -1.77. The Balaban J connectivity index is 1.79. The molecule has 1 aliphatic heterocycles. The number of carbonyl (C=O) groups excluding carboxylic acids is 2. The number of methoxy groups -OCH3 is 1. The Labute approximate surface area is 194 Å². The molecule has 1 unspecified atom stereocenters. The molecule has 4 rings (SSSR count). The summed E-state index contributed by atoms with van der Waals surface area (Å²) < 4.78 is 18.8. The van der Waals surface area contributed by atoms with Gasteiger partial charge < -0.3 is 14.7 Å². The molecule has 8 nitrogen and oxygen atoms in total. The molecule has 1 N–H and O–H groups in total. The number of ketones is 1. The number of anilines is 1. The van der Waals surface area contributed by atoms with Crippen LogP contribution in [0.2, 0.25) is 0 Å². The van der Waals surface area contributed by atoms with Crippen molar-refractivity contribution in [2.75, 3.05) is 19.1 Å². The van der Waals surface area contributed by atoms with Gasteiger partial charge in [-0.05, 0) is 54.1 Å². The summed E-state index contributed by atoms with van der Waals surface area (Å²) in [6, 6.07) is 13.8. The van der Waals surface area contributed by atoms with E-state index < -0.39 is 29.3 Å². The number of aliphatic hydroxyl groups excluding tert-OH is 1. The minimum atomic E-state index is -1.02. The number of hydrogen-bond donors (Lipinski definition) is 1. The second kappa shape index (κ2) is 9.53. The maximum atomic E-state index is 13.6. The predicted octanol–water partition coefficient (Wildman–Crippen LogP) is 3.99. The quantitative estimate of drug-likeness (QED) is 0.324. The number of halogens is 1. The summed E-state index contributed by atoms with van der Waals surface area (Å²) >= 11 is 0. The van der Waals surface area contributed by atoms with Gasteiger partial charge in [-0.2, -0.15) is 0 Å². The van der Waals surface area contributed by atoms with Crippen molar-refractivity contribution in [3.8, 4) is 5.75 Å². The van der Waals surface area contributed by atoms with Gasteiger partial charge in [-0.25, -0.2) is 9.37 Å². The van der Waals surface area contributed by atoms with Gasteiger partial charge in [-0.1, -0.05) is 17.3 Å². The second-order valence-electron chi connectivity index (χ2n) is 7.32. The molecule has 3 aromatic rings. The van der Waals surface area contributed by atoms with Crippen molar-refractivity contribution in [3.63, 3.8) is 0 Å². The highest BCUT2D eigenvalue weighted by Gasteiger charge is 2.45. The van der Waals surface area contributed by atoms with Crippen molar-refractivity contribution in [2.45, 2.75) is 6.04 Å². The summed E-state index contributed by atoms with van der Waals surface area (Å²) in [6.07, 6.45) is 2.90. The highest BCUT2D eigenvalue weighted by Crippen LogP contribution is 2.41. The molecule has 2 heterocycles. The van der Waals surface area contributed by atoms with Gasteiger partial charge in [-0.15, -0.1) is 0 Å². The van der Waals surface area contributed by atoms with Gasteiger partial charge in [0, 0.05) is 17.3 Å². The zero-order valence-electron chi connectivity index (χ0n) is 18.3. The lowest BCUT2D eigenvalue weighted by Crippen LogP contribution is -2.31. The average Bonchev–Trinajstić information content (AvgIpc) is 3.13. The van der Waals surface area contributed by atoms with Gasteiger partial charge in [-0.3, -0.25) is 14.5 Å². The van der Waals surface area contributed by atoms with Crippen LogP contribution >= 0.6 is 0 Å². The molecule has 0 radical (unpaired) electrons. The van der Waals surface area contributed by atoms with Gasteiger partial charge in [0.25, 0.3) is 5.91 Å². The number of aliphatic hydroxyl groups is 1. The average molecular weight is 461 g/mol. The molecular weight excluding hydrogens is 441 g/mol. The number of ether oxygens (including phenoxy) is 1. The van der Waals surface area contributed by atoms with E-state index >= 15 is 0 Å². The maximum absolute atomic E-state index is 13.6. The molecule has 1 atom stereocenters.